The third kappa shape index (κ3) is 2.92. The van der Waals surface area contributed by atoms with E-state index in [1.165, 1.54) is 0 Å². The molecule has 0 radical (unpaired) electrons. The van der Waals surface area contributed by atoms with Crippen molar-refractivity contribution < 1.29 is 0 Å². The van der Waals surface area contributed by atoms with Crippen LogP contribution in [0.5, 0.6) is 0 Å². The molecular weight excluding hydrogens is 254 g/mol. The van der Waals surface area contributed by atoms with E-state index in [9.17, 15) is 0 Å². The molecule has 1 fully saturated rings. The maximum absolute atomic E-state index is 5.82. The van der Waals surface area contributed by atoms with Gasteiger partial charge in [0.15, 0.2) is 10.2 Å². The smallest absolute Gasteiger partial charge is 0.192 e. The van der Waals surface area contributed by atoms with Crippen LogP contribution < -0.4 is 16.0 Å². The first-order valence-corrected chi connectivity index (χ1v) is 6.92. The highest BCUT2D eigenvalue weighted by molar-refractivity contribution is 7.80. The lowest BCUT2D eigenvalue weighted by Gasteiger charge is -2.38. The third-order valence-corrected chi connectivity index (χ3v) is 3.88. The molecular formula is C10H17N5S2. The maximum Gasteiger partial charge on any atom is 0.192 e. The van der Waals surface area contributed by atoms with Crippen molar-refractivity contribution in [3.8, 4) is 0 Å². The van der Waals surface area contributed by atoms with Crippen LogP contribution in [0.15, 0.2) is 11.6 Å². The van der Waals surface area contributed by atoms with Gasteiger partial charge in [-0.3, -0.25) is 9.80 Å². The lowest BCUT2D eigenvalue weighted by Crippen LogP contribution is -2.56. The number of anilines is 1. The largest absolute Gasteiger partial charge is 0.376 e. The molecule has 2 heterocycles. The molecule has 0 bridgehead atoms. The maximum atomic E-state index is 5.82. The van der Waals surface area contributed by atoms with Crippen LogP contribution in [0.1, 0.15) is 6.92 Å². The second-order valence-corrected chi connectivity index (χ2v) is 5.23. The Morgan fingerprint density at radius 2 is 2.35 bits per heavy atom. The van der Waals surface area contributed by atoms with E-state index in [4.69, 9.17) is 18.0 Å². The van der Waals surface area contributed by atoms with E-state index in [-0.39, 0.29) is 6.17 Å². The molecule has 94 valence electrons. The van der Waals surface area contributed by atoms with Gasteiger partial charge in [-0.1, -0.05) is 0 Å². The van der Waals surface area contributed by atoms with Gasteiger partial charge in [0.05, 0.1) is 6.17 Å². The Morgan fingerprint density at radius 1 is 1.65 bits per heavy atom. The van der Waals surface area contributed by atoms with Gasteiger partial charge in [-0.2, -0.15) is 0 Å². The van der Waals surface area contributed by atoms with Gasteiger partial charge in [0.1, 0.15) is 0 Å². The predicted octanol–water partition coefficient (Wildman–Crippen LogP) is 0.444. The van der Waals surface area contributed by atoms with Gasteiger partial charge in [0.25, 0.3) is 0 Å². The first-order chi connectivity index (χ1) is 8.20. The number of piperazine rings is 1. The highest BCUT2D eigenvalue weighted by atomic mass is 32.1. The van der Waals surface area contributed by atoms with Crippen LogP contribution in [0, 0.1) is 0 Å². The summed E-state index contributed by atoms with van der Waals surface area (Å²) in [6, 6.07) is 0. The highest BCUT2D eigenvalue weighted by Gasteiger charge is 2.25. The fourth-order valence-electron chi connectivity index (χ4n) is 1.99. The van der Waals surface area contributed by atoms with Gasteiger partial charge in [0, 0.05) is 37.8 Å². The van der Waals surface area contributed by atoms with Gasteiger partial charge in [-0.05, 0) is 19.1 Å². The molecule has 1 atom stereocenters. The summed E-state index contributed by atoms with van der Waals surface area (Å²) in [4.78, 5) is 8.57. The van der Waals surface area contributed by atoms with Gasteiger partial charge < -0.3 is 11.1 Å². The monoisotopic (exact) mass is 271 g/mol. The minimum absolute atomic E-state index is 0.153. The second-order valence-electron chi connectivity index (χ2n) is 3.94. The van der Waals surface area contributed by atoms with E-state index in [0.29, 0.717) is 5.11 Å². The molecule has 1 unspecified atom stereocenters. The molecule has 17 heavy (non-hydrogen) atoms. The first-order valence-electron chi connectivity index (χ1n) is 5.63. The molecule has 0 spiro atoms. The topological polar surface area (TPSA) is 57.4 Å². The van der Waals surface area contributed by atoms with Crippen LogP contribution in [0.3, 0.4) is 0 Å². The van der Waals surface area contributed by atoms with Crippen molar-refractivity contribution in [2.24, 2.45) is 5.73 Å². The Bertz CT molecular complexity index is 361. The summed E-state index contributed by atoms with van der Waals surface area (Å²) >= 11 is 6.70. The zero-order valence-corrected chi connectivity index (χ0v) is 11.4. The molecule has 0 saturated carbocycles. The van der Waals surface area contributed by atoms with Crippen LogP contribution in [0.2, 0.25) is 0 Å². The Kier molecular flexibility index (Phi) is 4.27. The number of aromatic nitrogens is 1. The van der Waals surface area contributed by atoms with E-state index >= 15 is 0 Å². The van der Waals surface area contributed by atoms with Crippen LogP contribution in [-0.4, -0.2) is 47.3 Å². The van der Waals surface area contributed by atoms with Gasteiger partial charge >= 0.3 is 0 Å². The van der Waals surface area contributed by atoms with Crippen LogP contribution in [-0.2, 0) is 0 Å². The average Bonchev–Trinajstić information content (AvgIpc) is 2.83. The Labute approximate surface area is 111 Å². The van der Waals surface area contributed by atoms with Crippen molar-refractivity contribution in [2.75, 3.05) is 31.1 Å². The first kappa shape index (κ1) is 12.7. The Balaban J connectivity index is 2.12. The zero-order chi connectivity index (χ0) is 12.3. The summed E-state index contributed by atoms with van der Waals surface area (Å²) in [6.07, 6.45) is 1.93. The summed E-state index contributed by atoms with van der Waals surface area (Å²) in [5.41, 5.74) is 5.82. The molecule has 1 saturated heterocycles. The molecule has 1 aliphatic rings. The second kappa shape index (κ2) is 5.72. The lowest BCUT2D eigenvalue weighted by molar-refractivity contribution is 0.189. The number of thiocarbonyl (C=S) groups is 1. The summed E-state index contributed by atoms with van der Waals surface area (Å²) < 4.78 is 0. The fraction of sp³-hybridized carbons (Fsp3) is 0.600. The summed E-state index contributed by atoms with van der Waals surface area (Å²) in [5, 5.41) is 6.52. The molecule has 2 rings (SSSR count). The molecule has 1 aromatic heterocycles. The van der Waals surface area contributed by atoms with Gasteiger partial charge in [-0.25, -0.2) is 4.98 Å². The van der Waals surface area contributed by atoms with Crippen molar-refractivity contribution in [2.45, 2.75) is 13.1 Å². The molecule has 1 aromatic rings. The molecule has 0 aliphatic carbocycles. The summed E-state index contributed by atoms with van der Waals surface area (Å²) in [5.74, 6) is 0. The number of hydrogen-bond donors (Lipinski definition) is 2. The van der Waals surface area contributed by atoms with E-state index in [1.807, 2.05) is 10.3 Å². The van der Waals surface area contributed by atoms with E-state index in [1.54, 1.807) is 17.5 Å². The number of nitrogens with zero attached hydrogens (tertiary/aromatic N) is 3. The Morgan fingerprint density at radius 3 is 2.88 bits per heavy atom. The van der Waals surface area contributed by atoms with Gasteiger partial charge in [-0.15, -0.1) is 11.3 Å². The number of thiazole rings is 1. The summed E-state index contributed by atoms with van der Waals surface area (Å²) in [6.45, 7) is 6.14. The van der Waals surface area contributed by atoms with Crippen LogP contribution >= 0.6 is 23.6 Å². The normalized spacial score (nSPS) is 18.9. The minimum Gasteiger partial charge on any atom is -0.376 e. The van der Waals surface area contributed by atoms with Crippen LogP contribution in [0.25, 0.3) is 0 Å². The van der Waals surface area contributed by atoms with E-state index < -0.39 is 0 Å². The quantitative estimate of drug-likeness (QED) is 0.778. The molecule has 5 nitrogen and oxygen atoms in total. The highest BCUT2D eigenvalue weighted by Crippen LogP contribution is 2.21. The predicted molar refractivity (Wildman–Crippen MR) is 75.3 cm³/mol. The number of hydrogen-bond acceptors (Lipinski definition) is 5. The van der Waals surface area contributed by atoms with E-state index in [2.05, 4.69) is 22.1 Å². The van der Waals surface area contributed by atoms with Crippen molar-refractivity contribution in [1.29, 1.82) is 0 Å². The van der Waals surface area contributed by atoms with Crippen molar-refractivity contribution >= 4 is 33.8 Å². The Hall–Kier alpha value is -0.760. The van der Waals surface area contributed by atoms with Crippen molar-refractivity contribution in [1.82, 2.24) is 15.2 Å². The molecule has 1 aliphatic heterocycles. The van der Waals surface area contributed by atoms with Gasteiger partial charge in [0.2, 0.25) is 0 Å². The number of nitrogens with one attached hydrogen (secondary N) is 1. The SMILES string of the molecule is CC(N1CCNCC1)N(C(N)=S)c1nccs1. The molecule has 0 aromatic carbocycles. The van der Waals surface area contributed by atoms with Crippen molar-refractivity contribution in [3.63, 3.8) is 0 Å². The molecule has 7 heteroatoms. The standard InChI is InChI=1S/C10H17N5S2/c1-8(14-5-2-12-3-6-14)15(9(11)16)10-13-4-7-17-10/h4,7-8,12H,2-3,5-6H2,1H3,(H2,11,16). The molecule has 3 N–H and O–H groups in total. The zero-order valence-electron chi connectivity index (χ0n) is 9.80. The fourth-order valence-corrected chi connectivity index (χ4v) is 3.02. The molecule has 0 amide bonds. The minimum atomic E-state index is 0.153. The number of nitrogens with two attached hydrogens (primary N) is 1. The van der Waals surface area contributed by atoms with Crippen LogP contribution in [0.4, 0.5) is 5.13 Å². The van der Waals surface area contributed by atoms with E-state index in [0.717, 1.165) is 31.3 Å². The van der Waals surface area contributed by atoms with Crippen molar-refractivity contribution in [3.05, 3.63) is 11.6 Å². The third-order valence-electron chi connectivity index (χ3n) is 2.92. The lowest BCUT2D eigenvalue weighted by atomic mass is 10.3. The summed E-state index contributed by atoms with van der Waals surface area (Å²) in [7, 11) is 0. The number of rotatable bonds is 3. The average molecular weight is 271 g/mol.